The molecule has 3 rings (SSSR count). The number of halogens is 6. The maximum absolute atomic E-state index is 12.2. The number of alkyl halides is 6. The average molecular weight is 576 g/mol. The molecule has 2 aliphatic heterocycles. The van der Waals surface area contributed by atoms with Crippen LogP contribution in [0.25, 0.3) is 0 Å². The van der Waals surface area contributed by atoms with Crippen molar-refractivity contribution in [1.29, 1.82) is 0 Å². The number of carboxylic acids is 2. The summed E-state index contributed by atoms with van der Waals surface area (Å²) in [4.78, 5) is 38.1. The lowest BCUT2D eigenvalue weighted by molar-refractivity contribution is -0.193. The standard InChI is InChI=1S/C19H29N3O3.2C2HF3O2/c1-21(2)15-18(23)22-11-8-19(9-12-22)16(7-14-25-19)6-13-24-17-5-3-4-10-20-17;2*3-2(4,5)1(6)7/h3-5,10,16H,6-9,11-15H2,1-2H3;2*(H,6,7). The van der Waals surface area contributed by atoms with Crippen LogP contribution in [0.15, 0.2) is 24.4 Å². The summed E-state index contributed by atoms with van der Waals surface area (Å²) >= 11 is 0. The van der Waals surface area contributed by atoms with E-state index in [-0.39, 0.29) is 11.5 Å². The second-order valence-electron chi connectivity index (χ2n) is 8.93. The summed E-state index contributed by atoms with van der Waals surface area (Å²) in [5, 5.41) is 14.2. The van der Waals surface area contributed by atoms with Crippen molar-refractivity contribution in [3.05, 3.63) is 24.4 Å². The predicted molar refractivity (Wildman–Crippen MR) is 123 cm³/mol. The molecule has 1 aromatic heterocycles. The van der Waals surface area contributed by atoms with Crippen molar-refractivity contribution in [2.45, 2.75) is 43.6 Å². The van der Waals surface area contributed by atoms with Crippen LogP contribution in [0.5, 0.6) is 5.88 Å². The van der Waals surface area contributed by atoms with E-state index in [1.807, 2.05) is 42.1 Å². The van der Waals surface area contributed by atoms with Gasteiger partial charge in [-0.1, -0.05) is 6.07 Å². The van der Waals surface area contributed by atoms with Crippen LogP contribution in [0.1, 0.15) is 25.7 Å². The van der Waals surface area contributed by atoms with Crippen LogP contribution in [-0.2, 0) is 19.1 Å². The molecule has 1 aromatic rings. The number of hydrogen-bond donors (Lipinski definition) is 2. The minimum absolute atomic E-state index is 0.0671. The molecule has 1 atom stereocenters. The van der Waals surface area contributed by atoms with Crippen molar-refractivity contribution >= 4 is 17.8 Å². The van der Waals surface area contributed by atoms with E-state index in [9.17, 15) is 31.1 Å². The number of aliphatic carboxylic acids is 2. The smallest absolute Gasteiger partial charge is 0.478 e. The Labute approximate surface area is 220 Å². The normalized spacial score (nSPS) is 18.5. The number of hydrogen-bond acceptors (Lipinski definition) is 7. The van der Waals surface area contributed by atoms with E-state index in [2.05, 4.69) is 4.98 Å². The Bertz CT molecular complexity index is 897. The molecular formula is C23H31F6N3O7. The zero-order chi connectivity index (χ0) is 29.9. The first-order valence-electron chi connectivity index (χ1n) is 11.7. The van der Waals surface area contributed by atoms with Crippen LogP contribution < -0.4 is 4.74 Å². The number of carbonyl (C=O) groups is 3. The molecule has 1 spiro atoms. The molecule has 10 nitrogen and oxygen atoms in total. The van der Waals surface area contributed by atoms with E-state index in [1.165, 1.54) is 0 Å². The number of rotatable bonds is 6. The molecule has 0 aliphatic carbocycles. The lowest BCUT2D eigenvalue weighted by atomic mass is 9.78. The second-order valence-corrected chi connectivity index (χ2v) is 8.93. The Hall–Kier alpha value is -3.14. The van der Waals surface area contributed by atoms with E-state index in [0.717, 1.165) is 45.4 Å². The number of piperidine rings is 1. The first-order valence-corrected chi connectivity index (χ1v) is 11.7. The molecule has 0 bridgehead atoms. The zero-order valence-electron chi connectivity index (χ0n) is 21.3. The lowest BCUT2D eigenvalue weighted by Crippen LogP contribution is -2.51. The van der Waals surface area contributed by atoms with E-state index < -0.39 is 24.3 Å². The summed E-state index contributed by atoms with van der Waals surface area (Å²) in [6.07, 6.45) is -4.50. The van der Waals surface area contributed by atoms with Crippen LogP contribution in [0.4, 0.5) is 26.3 Å². The third-order valence-corrected chi connectivity index (χ3v) is 5.85. The molecule has 222 valence electrons. The number of ether oxygens (including phenoxy) is 2. The first kappa shape index (κ1) is 33.9. The third kappa shape index (κ3) is 12.1. The molecule has 3 heterocycles. The molecule has 39 heavy (non-hydrogen) atoms. The summed E-state index contributed by atoms with van der Waals surface area (Å²) in [6.45, 7) is 3.56. The number of aromatic nitrogens is 1. The Morgan fingerprint density at radius 2 is 1.62 bits per heavy atom. The summed E-state index contributed by atoms with van der Waals surface area (Å²) < 4.78 is 75.4. The minimum Gasteiger partial charge on any atom is -0.478 e. The molecule has 1 unspecified atom stereocenters. The van der Waals surface area contributed by atoms with Gasteiger partial charge in [0, 0.05) is 32.0 Å². The number of carboxylic acid groups (broad SMARTS) is 2. The molecule has 0 saturated carbocycles. The van der Waals surface area contributed by atoms with Gasteiger partial charge in [0.2, 0.25) is 11.8 Å². The molecule has 2 N–H and O–H groups in total. The molecule has 0 radical (unpaired) electrons. The van der Waals surface area contributed by atoms with Crippen molar-refractivity contribution in [2.24, 2.45) is 5.92 Å². The molecule has 2 saturated heterocycles. The fourth-order valence-electron chi connectivity index (χ4n) is 3.99. The van der Waals surface area contributed by atoms with E-state index >= 15 is 0 Å². The highest BCUT2D eigenvalue weighted by Gasteiger charge is 2.46. The van der Waals surface area contributed by atoms with Gasteiger partial charge < -0.3 is 29.5 Å². The van der Waals surface area contributed by atoms with Gasteiger partial charge in [0.25, 0.3) is 0 Å². The first-order chi connectivity index (χ1) is 18.0. The predicted octanol–water partition coefficient (Wildman–Crippen LogP) is 3.08. The number of carbonyl (C=O) groups excluding carboxylic acids is 1. The van der Waals surface area contributed by atoms with Crippen LogP contribution in [-0.4, -0.2) is 108 Å². The highest BCUT2D eigenvalue weighted by Crippen LogP contribution is 2.42. The number of nitrogens with zero attached hydrogens (tertiary/aromatic N) is 3. The fourth-order valence-corrected chi connectivity index (χ4v) is 3.99. The monoisotopic (exact) mass is 575 g/mol. The van der Waals surface area contributed by atoms with Crippen molar-refractivity contribution in [2.75, 3.05) is 46.9 Å². The third-order valence-electron chi connectivity index (χ3n) is 5.85. The zero-order valence-corrected chi connectivity index (χ0v) is 21.3. The molecule has 2 fully saturated rings. The van der Waals surface area contributed by atoms with Crippen LogP contribution in [0, 0.1) is 5.92 Å². The van der Waals surface area contributed by atoms with Gasteiger partial charge in [-0.2, -0.15) is 26.3 Å². The van der Waals surface area contributed by atoms with Crippen LogP contribution >= 0.6 is 0 Å². The maximum Gasteiger partial charge on any atom is 0.490 e. The highest BCUT2D eigenvalue weighted by molar-refractivity contribution is 5.78. The highest BCUT2D eigenvalue weighted by atomic mass is 19.4. The number of likely N-dealkylation sites (tertiary alicyclic amines) is 1. The fraction of sp³-hybridized carbons (Fsp3) is 0.652. The summed E-state index contributed by atoms with van der Waals surface area (Å²) in [6, 6.07) is 5.71. The number of amides is 1. The van der Waals surface area contributed by atoms with Gasteiger partial charge in [-0.25, -0.2) is 14.6 Å². The maximum atomic E-state index is 12.2. The molecule has 0 aromatic carbocycles. The van der Waals surface area contributed by atoms with Gasteiger partial charge in [-0.05, 0) is 51.8 Å². The Morgan fingerprint density at radius 3 is 2.05 bits per heavy atom. The Morgan fingerprint density at radius 1 is 1.08 bits per heavy atom. The topological polar surface area (TPSA) is 130 Å². The van der Waals surface area contributed by atoms with Crippen molar-refractivity contribution in [3.8, 4) is 5.88 Å². The van der Waals surface area contributed by atoms with E-state index in [4.69, 9.17) is 29.3 Å². The van der Waals surface area contributed by atoms with Crippen LogP contribution in [0.2, 0.25) is 0 Å². The summed E-state index contributed by atoms with van der Waals surface area (Å²) in [5.41, 5.74) is -0.0671. The number of likely N-dealkylation sites (N-methyl/N-ethyl adjacent to an activating group) is 1. The van der Waals surface area contributed by atoms with Crippen molar-refractivity contribution in [3.63, 3.8) is 0 Å². The lowest BCUT2D eigenvalue weighted by Gasteiger charge is -2.42. The minimum atomic E-state index is -5.08. The molecule has 2 aliphatic rings. The van der Waals surface area contributed by atoms with Gasteiger partial charge in [-0.3, -0.25) is 4.79 Å². The SMILES string of the molecule is CN(C)CC(=O)N1CCC2(CC1)OCCC2CCOc1ccccn1.O=C(O)C(F)(F)F.O=C(O)C(F)(F)F. The largest absolute Gasteiger partial charge is 0.490 e. The van der Waals surface area contributed by atoms with Gasteiger partial charge in [0.1, 0.15) is 0 Å². The molecular weight excluding hydrogens is 544 g/mol. The van der Waals surface area contributed by atoms with Crippen molar-refractivity contribution in [1.82, 2.24) is 14.8 Å². The van der Waals surface area contributed by atoms with Gasteiger partial charge >= 0.3 is 24.3 Å². The second kappa shape index (κ2) is 14.9. The van der Waals surface area contributed by atoms with Gasteiger partial charge in [0.15, 0.2) is 0 Å². The molecule has 16 heteroatoms. The van der Waals surface area contributed by atoms with E-state index in [1.54, 1.807) is 6.20 Å². The summed E-state index contributed by atoms with van der Waals surface area (Å²) in [7, 11) is 3.86. The quantitative estimate of drug-likeness (QED) is 0.492. The number of pyridine rings is 1. The van der Waals surface area contributed by atoms with Crippen LogP contribution in [0.3, 0.4) is 0 Å². The summed E-state index contributed by atoms with van der Waals surface area (Å²) in [5.74, 6) is -4.12. The average Bonchev–Trinajstić information content (AvgIpc) is 3.21. The Kier molecular flexibility index (Phi) is 12.9. The van der Waals surface area contributed by atoms with Gasteiger partial charge in [-0.15, -0.1) is 0 Å². The van der Waals surface area contributed by atoms with Crippen molar-refractivity contribution < 1.29 is 60.4 Å². The Balaban J connectivity index is 0.000000449. The van der Waals surface area contributed by atoms with Gasteiger partial charge in [0.05, 0.1) is 18.8 Å². The molecule has 1 amide bonds. The van der Waals surface area contributed by atoms with E-state index in [0.29, 0.717) is 24.9 Å².